The fourth-order valence-corrected chi connectivity index (χ4v) is 2.73. The van der Waals surface area contributed by atoms with Crippen molar-refractivity contribution in [1.82, 2.24) is 19.3 Å². The van der Waals surface area contributed by atoms with Gasteiger partial charge in [-0.25, -0.2) is 4.98 Å². The Kier molecular flexibility index (Phi) is 4.94. The fraction of sp³-hybridized carbons (Fsp3) is 0.222. The van der Waals surface area contributed by atoms with Gasteiger partial charge in [0.05, 0.1) is 17.6 Å². The molecule has 0 aromatic carbocycles. The molecule has 0 aliphatic rings. The molecule has 3 rings (SSSR count). The number of amides is 1. The third-order valence-electron chi connectivity index (χ3n) is 3.97. The van der Waals surface area contributed by atoms with E-state index in [1.807, 2.05) is 0 Å². The number of pyridine rings is 2. The number of carbonyl (C=O) groups is 1. The largest absolute Gasteiger partial charge is 0.383 e. The monoisotopic (exact) mass is 353 g/mol. The van der Waals surface area contributed by atoms with Gasteiger partial charge in [0.25, 0.3) is 11.5 Å². The summed E-state index contributed by atoms with van der Waals surface area (Å²) in [6.45, 7) is 4.61. The number of fused-ring (bicyclic) bond motifs is 2. The lowest BCUT2D eigenvalue weighted by Crippen LogP contribution is -2.36. The SMILES string of the molecule is C=CCn1c(=N)c(C(=O)NCCOC)cc2c(=O)n3ccccc3nc21. The molecule has 3 aromatic heterocycles. The van der Waals surface area contributed by atoms with Gasteiger partial charge in [-0.15, -0.1) is 6.58 Å². The maximum absolute atomic E-state index is 12.9. The molecule has 26 heavy (non-hydrogen) atoms. The van der Waals surface area contributed by atoms with Crippen LogP contribution in [0.15, 0.2) is 47.9 Å². The molecule has 0 spiro atoms. The van der Waals surface area contributed by atoms with E-state index in [-0.39, 0.29) is 28.5 Å². The van der Waals surface area contributed by atoms with Gasteiger partial charge in [0.15, 0.2) is 0 Å². The van der Waals surface area contributed by atoms with E-state index in [0.717, 1.165) is 0 Å². The molecule has 8 nitrogen and oxygen atoms in total. The molecule has 3 aromatic rings. The maximum atomic E-state index is 12.9. The Morgan fingerprint density at radius 3 is 3.00 bits per heavy atom. The summed E-state index contributed by atoms with van der Waals surface area (Å²) >= 11 is 0. The van der Waals surface area contributed by atoms with Crippen molar-refractivity contribution in [1.29, 1.82) is 5.41 Å². The first-order chi connectivity index (χ1) is 12.6. The predicted molar refractivity (Wildman–Crippen MR) is 97.2 cm³/mol. The van der Waals surface area contributed by atoms with Gasteiger partial charge >= 0.3 is 0 Å². The molecule has 0 radical (unpaired) electrons. The molecular weight excluding hydrogens is 334 g/mol. The molecule has 0 fully saturated rings. The smallest absolute Gasteiger partial charge is 0.267 e. The third-order valence-corrected chi connectivity index (χ3v) is 3.97. The highest BCUT2D eigenvalue weighted by Gasteiger charge is 2.16. The van der Waals surface area contributed by atoms with Crippen LogP contribution in [0.4, 0.5) is 0 Å². The normalized spacial score (nSPS) is 11.0. The van der Waals surface area contributed by atoms with Gasteiger partial charge in [-0.05, 0) is 18.2 Å². The second kappa shape index (κ2) is 7.32. The lowest BCUT2D eigenvalue weighted by atomic mass is 10.2. The average Bonchev–Trinajstić information content (AvgIpc) is 2.64. The first-order valence-electron chi connectivity index (χ1n) is 8.06. The molecule has 0 atom stereocenters. The molecule has 8 heteroatoms. The second-order valence-corrected chi connectivity index (χ2v) is 5.64. The Bertz CT molecular complexity index is 1110. The van der Waals surface area contributed by atoms with Gasteiger partial charge in [-0.2, -0.15) is 0 Å². The van der Waals surface area contributed by atoms with Crippen molar-refractivity contribution in [2.75, 3.05) is 20.3 Å². The van der Waals surface area contributed by atoms with E-state index in [1.54, 1.807) is 30.5 Å². The minimum absolute atomic E-state index is 0.0282. The van der Waals surface area contributed by atoms with Gasteiger partial charge in [0.1, 0.15) is 16.8 Å². The summed E-state index contributed by atoms with van der Waals surface area (Å²) in [5, 5.41) is 11.3. The maximum Gasteiger partial charge on any atom is 0.267 e. The zero-order valence-corrected chi connectivity index (χ0v) is 14.4. The van der Waals surface area contributed by atoms with Crippen molar-refractivity contribution in [3.8, 4) is 0 Å². The van der Waals surface area contributed by atoms with Crippen LogP contribution in [0.3, 0.4) is 0 Å². The lowest BCUT2D eigenvalue weighted by molar-refractivity contribution is 0.0934. The minimum Gasteiger partial charge on any atom is -0.383 e. The summed E-state index contributed by atoms with van der Waals surface area (Å²) in [7, 11) is 1.54. The van der Waals surface area contributed by atoms with Crippen LogP contribution < -0.4 is 16.4 Å². The number of nitrogens with zero attached hydrogens (tertiary/aromatic N) is 3. The molecule has 134 valence electrons. The van der Waals surface area contributed by atoms with Gasteiger partial charge < -0.3 is 14.6 Å². The van der Waals surface area contributed by atoms with Crippen molar-refractivity contribution in [3.63, 3.8) is 0 Å². The number of ether oxygens (including phenoxy) is 1. The van der Waals surface area contributed by atoms with Crippen molar-refractivity contribution in [2.45, 2.75) is 6.54 Å². The number of methoxy groups -OCH3 is 1. The quantitative estimate of drug-likeness (QED) is 0.387. The fourth-order valence-electron chi connectivity index (χ4n) is 2.73. The van der Waals surface area contributed by atoms with Crippen LogP contribution in [0.5, 0.6) is 0 Å². The van der Waals surface area contributed by atoms with E-state index in [1.165, 1.54) is 22.1 Å². The molecule has 0 aliphatic carbocycles. The van der Waals surface area contributed by atoms with Crippen LogP contribution in [0.2, 0.25) is 0 Å². The van der Waals surface area contributed by atoms with Gasteiger partial charge in [-0.3, -0.25) is 19.4 Å². The van der Waals surface area contributed by atoms with E-state index in [0.29, 0.717) is 24.4 Å². The summed E-state index contributed by atoms with van der Waals surface area (Å²) in [6, 6.07) is 6.66. The van der Waals surface area contributed by atoms with Crippen molar-refractivity contribution in [3.05, 3.63) is 64.5 Å². The van der Waals surface area contributed by atoms with E-state index in [2.05, 4.69) is 16.9 Å². The molecule has 0 unspecified atom stereocenters. The van der Waals surface area contributed by atoms with Gasteiger partial charge in [0, 0.05) is 26.4 Å². The number of allylic oxidation sites excluding steroid dienone is 1. The van der Waals surface area contributed by atoms with Crippen LogP contribution in [0.25, 0.3) is 16.7 Å². The van der Waals surface area contributed by atoms with Gasteiger partial charge in [-0.1, -0.05) is 12.1 Å². The Labute approximate surface area is 148 Å². The third kappa shape index (κ3) is 3.02. The highest BCUT2D eigenvalue weighted by atomic mass is 16.5. The summed E-state index contributed by atoms with van der Waals surface area (Å²) in [4.78, 5) is 29.8. The molecule has 0 saturated carbocycles. The molecule has 3 heterocycles. The number of rotatable bonds is 6. The van der Waals surface area contributed by atoms with Crippen LogP contribution in [-0.4, -0.2) is 40.1 Å². The Morgan fingerprint density at radius 2 is 2.27 bits per heavy atom. The molecule has 0 bridgehead atoms. The number of hydrogen-bond donors (Lipinski definition) is 2. The summed E-state index contributed by atoms with van der Waals surface area (Å²) in [6.07, 6.45) is 3.22. The highest BCUT2D eigenvalue weighted by Crippen LogP contribution is 2.10. The average molecular weight is 353 g/mol. The molecule has 0 aliphatic heterocycles. The zero-order valence-electron chi connectivity index (χ0n) is 14.4. The van der Waals surface area contributed by atoms with Crippen LogP contribution in [-0.2, 0) is 11.3 Å². The van der Waals surface area contributed by atoms with E-state index >= 15 is 0 Å². The van der Waals surface area contributed by atoms with Gasteiger partial charge in [0.2, 0.25) is 0 Å². The Morgan fingerprint density at radius 1 is 1.46 bits per heavy atom. The molecular formula is C18H19N5O3. The van der Waals surface area contributed by atoms with Crippen LogP contribution in [0.1, 0.15) is 10.4 Å². The molecule has 0 saturated heterocycles. The molecule has 1 amide bonds. The number of carbonyl (C=O) groups excluding carboxylic acids is 1. The Balaban J connectivity index is 2.29. The predicted octanol–water partition coefficient (Wildman–Crippen LogP) is 0.691. The number of hydrogen-bond acceptors (Lipinski definition) is 5. The van der Waals surface area contributed by atoms with E-state index < -0.39 is 5.91 Å². The summed E-state index contributed by atoms with van der Waals surface area (Å²) < 4.78 is 7.83. The number of aromatic nitrogens is 3. The summed E-state index contributed by atoms with van der Waals surface area (Å²) in [5.74, 6) is -0.440. The van der Waals surface area contributed by atoms with Crippen LogP contribution in [0, 0.1) is 5.41 Å². The Hall–Kier alpha value is -3.26. The van der Waals surface area contributed by atoms with Crippen molar-refractivity contribution >= 4 is 22.6 Å². The molecule has 2 N–H and O–H groups in total. The topological polar surface area (TPSA) is 101 Å². The first-order valence-corrected chi connectivity index (χ1v) is 8.06. The highest BCUT2D eigenvalue weighted by molar-refractivity contribution is 5.96. The standard InChI is InChI=1S/C18H19N5O3/c1-3-8-23-15(19)12(17(24)20-7-10-26-2)11-13-16(23)21-14-6-4-5-9-22(14)18(13)25/h3-6,9,11,19H,1,7-8,10H2,2H3,(H,20,24). The van der Waals surface area contributed by atoms with Crippen molar-refractivity contribution in [2.24, 2.45) is 0 Å². The van der Waals surface area contributed by atoms with E-state index in [9.17, 15) is 9.59 Å². The number of nitrogens with one attached hydrogen (secondary N) is 2. The minimum atomic E-state index is -0.440. The van der Waals surface area contributed by atoms with E-state index in [4.69, 9.17) is 10.1 Å². The van der Waals surface area contributed by atoms with Crippen LogP contribution >= 0.6 is 0 Å². The lowest BCUT2D eigenvalue weighted by Gasteiger charge is -2.13. The first kappa shape index (κ1) is 17.6. The second-order valence-electron chi connectivity index (χ2n) is 5.64. The zero-order chi connectivity index (χ0) is 18.7. The van der Waals surface area contributed by atoms with Crippen molar-refractivity contribution < 1.29 is 9.53 Å². The summed E-state index contributed by atoms with van der Waals surface area (Å²) in [5.41, 5.74) is 0.595.